The largest absolute Gasteiger partial charge is 0.478 e. The van der Waals surface area contributed by atoms with Gasteiger partial charge in [-0.2, -0.15) is 0 Å². The van der Waals surface area contributed by atoms with E-state index in [1.807, 2.05) is 27.7 Å². The number of aromatic carboxylic acids is 1. The standard InChI is InChI=1S/C14H22N2O3/c1-5-19-7-6-15-12-9-10(13(17)18)8-11(16-12)14(2,3)4/h8-9H,5-7H2,1-4H3,(H,15,16)(H,17,18). The van der Waals surface area contributed by atoms with Crippen LogP contribution in [0, 0.1) is 0 Å². The molecule has 0 radical (unpaired) electrons. The average molecular weight is 266 g/mol. The minimum Gasteiger partial charge on any atom is -0.478 e. The lowest BCUT2D eigenvalue weighted by Crippen LogP contribution is -2.17. The van der Waals surface area contributed by atoms with Crippen molar-refractivity contribution in [3.05, 3.63) is 23.4 Å². The first-order chi connectivity index (χ1) is 8.84. The van der Waals surface area contributed by atoms with Gasteiger partial charge in [-0.15, -0.1) is 0 Å². The summed E-state index contributed by atoms with van der Waals surface area (Å²) in [6, 6.07) is 3.17. The predicted octanol–water partition coefficient (Wildman–Crippen LogP) is 2.53. The number of hydrogen-bond donors (Lipinski definition) is 2. The van der Waals surface area contributed by atoms with Gasteiger partial charge in [0.1, 0.15) is 5.82 Å². The maximum atomic E-state index is 11.1. The summed E-state index contributed by atoms with van der Waals surface area (Å²) in [5, 5.41) is 12.2. The van der Waals surface area contributed by atoms with E-state index in [1.165, 1.54) is 0 Å². The molecule has 2 N–H and O–H groups in total. The van der Waals surface area contributed by atoms with Crippen molar-refractivity contribution in [3.8, 4) is 0 Å². The van der Waals surface area contributed by atoms with Crippen LogP contribution < -0.4 is 5.32 Å². The summed E-state index contributed by atoms with van der Waals surface area (Å²) in [6.07, 6.45) is 0. The Balaban J connectivity index is 2.91. The average Bonchev–Trinajstić information content (AvgIpc) is 2.33. The van der Waals surface area contributed by atoms with E-state index in [4.69, 9.17) is 9.84 Å². The molecule has 1 rings (SSSR count). The molecule has 0 spiro atoms. The second kappa shape index (κ2) is 6.52. The van der Waals surface area contributed by atoms with Gasteiger partial charge in [-0.1, -0.05) is 20.8 Å². The van der Waals surface area contributed by atoms with Crippen LogP contribution in [0.25, 0.3) is 0 Å². The van der Waals surface area contributed by atoms with Crippen molar-refractivity contribution < 1.29 is 14.6 Å². The van der Waals surface area contributed by atoms with Crippen LogP contribution in [0.2, 0.25) is 0 Å². The van der Waals surface area contributed by atoms with Crippen LogP contribution >= 0.6 is 0 Å². The second-order valence-electron chi connectivity index (χ2n) is 5.31. The molecule has 0 aliphatic carbocycles. The maximum absolute atomic E-state index is 11.1. The second-order valence-corrected chi connectivity index (χ2v) is 5.31. The Morgan fingerprint density at radius 1 is 1.42 bits per heavy atom. The molecule has 1 aromatic heterocycles. The van der Waals surface area contributed by atoms with Gasteiger partial charge in [0.05, 0.1) is 12.2 Å². The molecule has 0 bridgehead atoms. The number of ether oxygens (including phenoxy) is 1. The van der Waals surface area contributed by atoms with Crippen molar-refractivity contribution in [2.75, 3.05) is 25.1 Å². The molecule has 0 aliphatic rings. The molecule has 0 aromatic carbocycles. The highest BCUT2D eigenvalue weighted by Gasteiger charge is 2.18. The zero-order valence-electron chi connectivity index (χ0n) is 12.0. The molecule has 0 saturated carbocycles. The summed E-state index contributed by atoms with van der Waals surface area (Å²) >= 11 is 0. The molecule has 0 amide bonds. The van der Waals surface area contributed by atoms with E-state index in [9.17, 15) is 4.79 Å². The molecular weight excluding hydrogens is 244 g/mol. The minimum atomic E-state index is -0.944. The van der Waals surface area contributed by atoms with E-state index in [-0.39, 0.29) is 11.0 Å². The first-order valence-corrected chi connectivity index (χ1v) is 6.42. The molecule has 1 aromatic rings. The zero-order chi connectivity index (χ0) is 14.5. The number of anilines is 1. The molecule has 19 heavy (non-hydrogen) atoms. The Kier molecular flexibility index (Phi) is 5.30. The van der Waals surface area contributed by atoms with Crippen LogP contribution in [0.3, 0.4) is 0 Å². The Bertz CT molecular complexity index is 439. The lowest BCUT2D eigenvalue weighted by molar-refractivity contribution is 0.0696. The highest BCUT2D eigenvalue weighted by Crippen LogP contribution is 2.23. The summed E-state index contributed by atoms with van der Waals surface area (Å²) in [5.74, 6) is -0.370. The van der Waals surface area contributed by atoms with Gasteiger partial charge < -0.3 is 15.2 Å². The maximum Gasteiger partial charge on any atom is 0.335 e. The van der Waals surface area contributed by atoms with Crippen molar-refractivity contribution in [3.63, 3.8) is 0 Å². The number of pyridine rings is 1. The zero-order valence-corrected chi connectivity index (χ0v) is 12.0. The summed E-state index contributed by atoms with van der Waals surface area (Å²) < 4.78 is 5.22. The molecule has 0 aliphatic heterocycles. The van der Waals surface area contributed by atoms with Gasteiger partial charge in [0.25, 0.3) is 0 Å². The quantitative estimate of drug-likeness (QED) is 0.774. The van der Waals surface area contributed by atoms with E-state index in [2.05, 4.69) is 10.3 Å². The van der Waals surface area contributed by atoms with Gasteiger partial charge in [0, 0.05) is 24.3 Å². The Labute approximate surface area is 114 Å². The molecule has 0 saturated heterocycles. The third-order valence-electron chi connectivity index (χ3n) is 2.60. The first kappa shape index (κ1) is 15.4. The molecule has 5 nitrogen and oxygen atoms in total. The minimum absolute atomic E-state index is 0.193. The summed E-state index contributed by atoms with van der Waals surface area (Å²) in [5.41, 5.74) is 0.812. The van der Waals surface area contributed by atoms with Gasteiger partial charge in [0.15, 0.2) is 0 Å². The summed E-state index contributed by atoms with van der Waals surface area (Å²) in [7, 11) is 0. The third kappa shape index (κ3) is 4.87. The van der Waals surface area contributed by atoms with Gasteiger partial charge >= 0.3 is 5.97 Å². The van der Waals surface area contributed by atoms with Gasteiger partial charge in [-0.05, 0) is 19.1 Å². The van der Waals surface area contributed by atoms with Crippen LogP contribution in [0.5, 0.6) is 0 Å². The predicted molar refractivity (Wildman–Crippen MR) is 74.9 cm³/mol. The SMILES string of the molecule is CCOCCNc1cc(C(=O)O)cc(C(C)(C)C)n1. The number of rotatable bonds is 6. The van der Waals surface area contributed by atoms with Crippen molar-refractivity contribution in [1.82, 2.24) is 4.98 Å². The van der Waals surface area contributed by atoms with E-state index in [1.54, 1.807) is 12.1 Å². The van der Waals surface area contributed by atoms with E-state index >= 15 is 0 Å². The number of carboxylic acid groups (broad SMARTS) is 1. The summed E-state index contributed by atoms with van der Waals surface area (Å²) in [4.78, 5) is 15.6. The van der Waals surface area contributed by atoms with Crippen molar-refractivity contribution in [1.29, 1.82) is 0 Å². The highest BCUT2D eigenvalue weighted by molar-refractivity contribution is 5.88. The van der Waals surface area contributed by atoms with E-state index < -0.39 is 5.97 Å². The van der Waals surface area contributed by atoms with E-state index in [0.29, 0.717) is 25.6 Å². The van der Waals surface area contributed by atoms with Gasteiger partial charge in [-0.3, -0.25) is 0 Å². The fourth-order valence-electron chi connectivity index (χ4n) is 1.52. The number of aromatic nitrogens is 1. The molecule has 5 heteroatoms. The van der Waals surface area contributed by atoms with Crippen LogP contribution in [-0.4, -0.2) is 35.8 Å². The number of hydrogen-bond acceptors (Lipinski definition) is 4. The molecular formula is C14H22N2O3. The Morgan fingerprint density at radius 2 is 2.11 bits per heavy atom. The molecule has 1 heterocycles. The van der Waals surface area contributed by atoms with Crippen LogP contribution in [0.15, 0.2) is 12.1 Å². The first-order valence-electron chi connectivity index (χ1n) is 6.42. The monoisotopic (exact) mass is 266 g/mol. The van der Waals surface area contributed by atoms with E-state index in [0.717, 1.165) is 5.69 Å². The fourth-order valence-corrected chi connectivity index (χ4v) is 1.52. The number of nitrogens with one attached hydrogen (secondary N) is 1. The normalized spacial score (nSPS) is 11.4. The topological polar surface area (TPSA) is 71.5 Å². The molecule has 106 valence electrons. The van der Waals surface area contributed by atoms with Crippen molar-refractivity contribution in [2.24, 2.45) is 0 Å². The lowest BCUT2D eigenvalue weighted by Gasteiger charge is -2.19. The van der Waals surface area contributed by atoms with Crippen LogP contribution in [0.1, 0.15) is 43.7 Å². The Morgan fingerprint density at radius 3 is 2.63 bits per heavy atom. The smallest absolute Gasteiger partial charge is 0.335 e. The van der Waals surface area contributed by atoms with Crippen LogP contribution in [-0.2, 0) is 10.2 Å². The highest BCUT2D eigenvalue weighted by atomic mass is 16.5. The molecule has 0 unspecified atom stereocenters. The number of nitrogens with zero attached hydrogens (tertiary/aromatic N) is 1. The fraction of sp³-hybridized carbons (Fsp3) is 0.571. The molecule has 0 atom stereocenters. The van der Waals surface area contributed by atoms with Gasteiger partial charge in [-0.25, -0.2) is 9.78 Å². The third-order valence-corrected chi connectivity index (χ3v) is 2.60. The van der Waals surface area contributed by atoms with Crippen molar-refractivity contribution >= 4 is 11.8 Å². The summed E-state index contributed by atoms with van der Waals surface area (Å²) in [6.45, 7) is 9.78. The number of carboxylic acids is 1. The molecule has 0 fully saturated rings. The Hall–Kier alpha value is -1.62. The van der Waals surface area contributed by atoms with Gasteiger partial charge in [0.2, 0.25) is 0 Å². The van der Waals surface area contributed by atoms with Crippen LogP contribution in [0.4, 0.5) is 5.82 Å². The van der Waals surface area contributed by atoms with Crippen molar-refractivity contribution in [2.45, 2.75) is 33.1 Å². The number of carbonyl (C=O) groups is 1. The lowest BCUT2D eigenvalue weighted by atomic mass is 9.91.